The smallest absolute Gasteiger partial charge is 0.315 e. The van der Waals surface area contributed by atoms with Gasteiger partial charge in [-0.25, -0.2) is 0 Å². The first-order valence-electron chi connectivity index (χ1n) is 8.91. The summed E-state index contributed by atoms with van der Waals surface area (Å²) >= 11 is 0. The molecule has 144 valence electrons. The predicted molar refractivity (Wildman–Crippen MR) is 105 cm³/mol. The van der Waals surface area contributed by atoms with Crippen LogP contribution in [0, 0.1) is 0 Å². The molecular formula is C22H27NO4. The van der Waals surface area contributed by atoms with E-state index in [1.165, 1.54) is 19.2 Å². The Bertz CT molecular complexity index is 789. The van der Waals surface area contributed by atoms with Gasteiger partial charge in [-0.1, -0.05) is 45.0 Å². The van der Waals surface area contributed by atoms with Crippen LogP contribution in [0.15, 0.2) is 48.5 Å². The molecule has 5 heteroatoms. The fourth-order valence-corrected chi connectivity index (χ4v) is 2.93. The van der Waals surface area contributed by atoms with E-state index in [0.717, 1.165) is 5.56 Å². The van der Waals surface area contributed by atoms with E-state index in [1.807, 2.05) is 12.1 Å². The van der Waals surface area contributed by atoms with Crippen molar-refractivity contribution in [2.45, 2.75) is 45.1 Å². The van der Waals surface area contributed by atoms with Gasteiger partial charge in [0.2, 0.25) is 0 Å². The summed E-state index contributed by atoms with van der Waals surface area (Å²) in [6.07, 6.45) is 0. The molecule has 27 heavy (non-hydrogen) atoms. The maximum absolute atomic E-state index is 12.6. The molecule has 0 aliphatic rings. The van der Waals surface area contributed by atoms with Gasteiger partial charge in [0.25, 0.3) is 5.91 Å². The number of carbonyl (C=O) groups is 2. The molecule has 0 heterocycles. The second kappa shape index (κ2) is 8.25. The summed E-state index contributed by atoms with van der Waals surface area (Å²) in [5, 5.41) is 12.3. The van der Waals surface area contributed by atoms with Crippen LogP contribution < -0.4 is 5.32 Å². The van der Waals surface area contributed by atoms with Gasteiger partial charge < -0.3 is 15.2 Å². The molecule has 0 aliphatic heterocycles. The minimum atomic E-state index is -0.673. The van der Waals surface area contributed by atoms with E-state index in [2.05, 4.69) is 26.1 Å². The first kappa shape index (κ1) is 20.5. The van der Waals surface area contributed by atoms with Crippen LogP contribution in [0.4, 0.5) is 0 Å². The Morgan fingerprint density at radius 3 is 2.04 bits per heavy atom. The summed E-state index contributed by atoms with van der Waals surface area (Å²) in [4.78, 5) is 24.9. The van der Waals surface area contributed by atoms with Crippen LogP contribution in [0.1, 0.15) is 55.1 Å². The highest BCUT2D eigenvalue weighted by molar-refractivity contribution is 5.95. The number of benzene rings is 2. The van der Waals surface area contributed by atoms with Crippen molar-refractivity contribution in [3.8, 4) is 5.75 Å². The molecular weight excluding hydrogens is 342 g/mol. The third-order valence-corrected chi connectivity index (χ3v) is 4.58. The van der Waals surface area contributed by atoms with E-state index >= 15 is 0 Å². The van der Waals surface area contributed by atoms with Crippen molar-refractivity contribution in [1.82, 2.24) is 5.32 Å². The maximum Gasteiger partial charge on any atom is 0.315 e. The highest BCUT2D eigenvalue weighted by Gasteiger charge is 2.29. The molecule has 2 rings (SSSR count). The lowest BCUT2D eigenvalue weighted by Crippen LogP contribution is -2.40. The Morgan fingerprint density at radius 1 is 1.00 bits per heavy atom. The lowest BCUT2D eigenvalue weighted by molar-refractivity contribution is -0.143. The lowest BCUT2D eigenvalue weighted by atomic mass is 9.86. The zero-order valence-electron chi connectivity index (χ0n) is 16.4. The largest absolute Gasteiger partial charge is 0.508 e. The minimum absolute atomic E-state index is 0.0111. The van der Waals surface area contributed by atoms with Gasteiger partial charge in [0.15, 0.2) is 0 Å². The second-order valence-corrected chi connectivity index (χ2v) is 7.68. The first-order valence-corrected chi connectivity index (χ1v) is 8.91. The van der Waals surface area contributed by atoms with Crippen molar-refractivity contribution in [3.63, 3.8) is 0 Å². The molecule has 0 aliphatic carbocycles. The summed E-state index contributed by atoms with van der Waals surface area (Å²) in [7, 11) is 1.31. The van der Waals surface area contributed by atoms with Gasteiger partial charge in [-0.05, 0) is 47.7 Å². The number of hydrogen-bond donors (Lipinski definition) is 2. The summed E-state index contributed by atoms with van der Waals surface area (Å²) in [5.74, 6) is -1.27. The van der Waals surface area contributed by atoms with Crippen molar-refractivity contribution < 1.29 is 19.4 Å². The van der Waals surface area contributed by atoms with E-state index in [4.69, 9.17) is 4.74 Å². The number of rotatable bonds is 5. The average Bonchev–Trinajstić information content (AvgIpc) is 2.62. The van der Waals surface area contributed by atoms with Gasteiger partial charge in [-0.3, -0.25) is 9.59 Å². The third-order valence-electron chi connectivity index (χ3n) is 4.58. The predicted octanol–water partition coefficient (Wildman–Crippen LogP) is 3.76. The summed E-state index contributed by atoms with van der Waals surface area (Å²) in [6, 6.07) is 13.3. The molecule has 0 spiro atoms. The van der Waals surface area contributed by atoms with E-state index in [0.29, 0.717) is 11.1 Å². The fraction of sp³-hybridized carbons (Fsp3) is 0.364. The van der Waals surface area contributed by atoms with Crippen molar-refractivity contribution in [2.75, 3.05) is 7.11 Å². The maximum atomic E-state index is 12.6. The van der Waals surface area contributed by atoms with Gasteiger partial charge in [0.05, 0.1) is 7.11 Å². The van der Waals surface area contributed by atoms with E-state index in [9.17, 15) is 14.7 Å². The fourth-order valence-electron chi connectivity index (χ4n) is 2.93. The average molecular weight is 369 g/mol. The second-order valence-electron chi connectivity index (χ2n) is 7.68. The molecule has 1 amide bonds. The molecule has 0 fully saturated rings. The van der Waals surface area contributed by atoms with Crippen molar-refractivity contribution >= 4 is 11.9 Å². The number of aromatic hydroxyl groups is 1. The SMILES string of the molecule is COC(=O)[C@@H](c1ccc(O)cc1)C(C)NC(=O)c1ccc(C(C)(C)C)cc1. The Kier molecular flexibility index (Phi) is 6.26. The summed E-state index contributed by atoms with van der Waals surface area (Å²) in [5.41, 5.74) is 2.35. The van der Waals surface area contributed by atoms with Crippen LogP contribution in [0.5, 0.6) is 5.75 Å². The van der Waals surface area contributed by atoms with Gasteiger partial charge in [-0.15, -0.1) is 0 Å². The van der Waals surface area contributed by atoms with E-state index < -0.39 is 17.9 Å². The quantitative estimate of drug-likeness (QED) is 0.787. The normalized spacial score (nSPS) is 13.5. The molecule has 2 atom stereocenters. The Hall–Kier alpha value is -2.82. The molecule has 2 aromatic rings. The van der Waals surface area contributed by atoms with Crippen LogP contribution >= 0.6 is 0 Å². The molecule has 5 nitrogen and oxygen atoms in total. The summed E-state index contributed by atoms with van der Waals surface area (Å²) in [6.45, 7) is 8.10. The Labute approximate surface area is 160 Å². The molecule has 1 unspecified atom stereocenters. The number of methoxy groups -OCH3 is 1. The Morgan fingerprint density at radius 2 is 1.56 bits per heavy atom. The zero-order chi connectivity index (χ0) is 20.2. The van der Waals surface area contributed by atoms with E-state index in [1.54, 1.807) is 31.2 Å². The third kappa shape index (κ3) is 5.09. The van der Waals surface area contributed by atoms with Gasteiger partial charge in [-0.2, -0.15) is 0 Å². The summed E-state index contributed by atoms with van der Waals surface area (Å²) < 4.78 is 4.91. The molecule has 2 N–H and O–H groups in total. The van der Waals surface area contributed by atoms with Crippen molar-refractivity contribution in [3.05, 3.63) is 65.2 Å². The number of amides is 1. The molecule has 0 saturated carbocycles. The first-order chi connectivity index (χ1) is 12.6. The number of ether oxygens (including phenoxy) is 1. The number of nitrogens with one attached hydrogen (secondary N) is 1. The standard InChI is InChI=1S/C22H27NO4/c1-14(19(21(26)27-5)15-8-12-18(24)13-9-15)23-20(25)16-6-10-17(11-7-16)22(2,3)4/h6-14,19,24H,1-5H3,(H,23,25)/t14?,19-/m1/s1. The lowest BCUT2D eigenvalue weighted by Gasteiger charge is -2.24. The van der Waals surface area contributed by atoms with Crippen LogP contribution in [0.2, 0.25) is 0 Å². The van der Waals surface area contributed by atoms with Crippen LogP contribution in [-0.2, 0) is 14.9 Å². The molecule has 0 saturated heterocycles. The van der Waals surface area contributed by atoms with Gasteiger partial charge in [0.1, 0.15) is 11.7 Å². The zero-order valence-corrected chi connectivity index (χ0v) is 16.4. The van der Waals surface area contributed by atoms with Crippen LogP contribution in [0.3, 0.4) is 0 Å². The topological polar surface area (TPSA) is 75.6 Å². The minimum Gasteiger partial charge on any atom is -0.508 e. The molecule has 0 bridgehead atoms. The van der Waals surface area contributed by atoms with Gasteiger partial charge in [0, 0.05) is 11.6 Å². The Balaban J connectivity index is 2.18. The number of hydrogen-bond acceptors (Lipinski definition) is 4. The molecule has 2 aromatic carbocycles. The molecule has 0 radical (unpaired) electrons. The van der Waals surface area contributed by atoms with Crippen LogP contribution in [-0.4, -0.2) is 30.1 Å². The molecule has 0 aromatic heterocycles. The number of carbonyl (C=O) groups excluding carboxylic acids is 2. The van der Waals surface area contributed by atoms with Crippen molar-refractivity contribution in [1.29, 1.82) is 0 Å². The van der Waals surface area contributed by atoms with Gasteiger partial charge >= 0.3 is 5.97 Å². The van der Waals surface area contributed by atoms with Crippen molar-refractivity contribution in [2.24, 2.45) is 0 Å². The number of phenolic OH excluding ortho intramolecular Hbond substituents is 1. The highest BCUT2D eigenvalue weighted by atomic mass is 16.5. The monoisotopic (exact) mass is 369 g/mol. The number of esters is 1. The highest BCUT2D eigenvalue weighted by Crippen LogP contribution is 2.25. The number of phenols is 1. The van der Waals surface area contributed by atoms with Crippen LogP contribution in [0.25, 0.3) is 0 Å². The van der Waals surface area contributed by atoms with E-state index in [-0.39, 0.29) is 17.1 Å².